The number of aryl methyl sites for hydroxylation is 2. The van der Waals surface area contributed by atoms with Crippen molar-refractivity contribution in [1.82, 2.24) is 0 Å². The summed E-state index contributed by atoms with van der Waals surface area (Å²) in [6.07, 6.45) is 2.29. The molecule has 0 radical (unpaired) electrons. The van der Waals surface area contributed by atoms with Crippen molar-refractivity contribution in [2.24, 2.45) is 0 Å². The zero-order chi connectivity index (χ0) is 10.4. The second kappa shape index (κ2) is 6.07. The van der Waals surface area contributed by atoms with E-state index in [9.17, 15) is 0 Å². The lowest BCUT2D eigenvalue weighted by molar-refractivity contribution is 0.337. The first-order valence-electron chi connectivity index (χ1n) is 5.06. The summed E-state index contributed by atoms with van der Waals surface area (Å²) in [6.45, 7) is 4.84. The second-order valence-corrected chi connectivity index (χ2v) is 4.12. The van der Waals surface area contributed by atoms with Crippen molar-refractivity contribution in [3.63, 3.8) is 0 Å². The fourth-order valence-corrected chi connectivity index (χ4v) is 1.66. The van der Waals surface area contributed by atoms with Gasteiger partial charge in [-0.15, -0.1) is 0 Å². The normalized spacial score (nSPS) is 10.2. The maximum Gasteiger partial charge on any atom is 0.122 e. The van der Waals surface area contributed by atoms with Gasteiger partial charge in [0.15, 0.2) is 0 Å². The number of hydrogen-bond donors (Lipinski definition) is 0. The Morgan fingerprint density at radius 1 is 1.36 bits per heavy atom. The van der Waals surface area contributed by atoms with Crippen LogP contribution in [-0.4, -0.2) is 11.9 Å². The Balaban J connectivity index is 2.72. The van der Waals surface area contributed by atoms with Crippen molar-refractivity contribution in [2.45, 2.75) is 26.7 Å². The largest absolute Gasteiger partial charge is 0.494 e. The SMILES string of the molecule is CCOc1cc(CCCBr)ccc1C. The van der Waals surface area contributed by atoms with Crippen LogP contribution < -0.4 is 4.74 Å². The van der Waals surface area contributed by atoms with Crippen LogP contribution in [0.3, 0.4) is 0 Å². The Hall–Kier alpha value is -0.500. The molecule has 0 saturated heterocycles. The van der Waals surface area contributed by atoms with Crippen LogP contribution >= 0.6 is 15.9 Å². The first kappa shape index (κ1) is 11.6. The molecule has 0 unspecified atom stereocenters. The molecule has 0 spiro atoms. The maximum absolute atomic E-state index is 5.55. The van der Waals surface area contributed by atoms with E-state index in [1.165, 1.54) is 17.5 Å². The number of ether oxygens (including phenoxy) is 1. The van der Waals surface area contributed by atoms with E-state index < -0.39 is 0 Å². The molecule has 1 nitrogen and oxygen atoms in total. The lowest BCUT2D eigenvalue weighted by atomic mass is 10.1. The van der Waals surface area contributed by atoms with Gasteiger partial charge in [0.25, 0.3) is 0 Å². The molecule has 0 heterocycles. The molecule has 2 heteroatoms. The summed E-state index contributed by atoms with van der Waals surface area (Å²) in [5, 5.41) is 1.06. The van der Waals surface area contributed by atoms with Gasteiger partial charge in [-0.05, 0) is 43.9 Å². The minimum absolute atomic E-state index is 0.739. The molecule has 0 bridgehead atoms. The predicted molar refractivity (Wildman–Crippen MR) is 64.5 cm³/mol. The molecule has 14 heavy (non-hydrogen) atoms. The van der Waals surface area contributed by atoms with Gasteiger partial charge < -0.3 is 4.74 Å². The summed E-state index contributed by atoms with van der Waals surface area (Å²) in [4.78, 5) is 0. The van der Waals surface area contributed by atoms with Crippen LogP contribution in [0.1, 0.15) is 24.5 Å². The van der Waals surface area contributed by atoms with E-state index in [2.05, 4.69) is 41.1 Å². The lowest BCUT2D eigenvalue weighted by Gasteiger charge is -2.08. The standard InChI is InChI=1S/C12H17BrO/c1-3-14-12-9-11(5-4-8-13)7-6-10(12)2/h6-7,9H,3-5,8H2,1-2H3. The Kier molecular flexibility index (Phi) is 5.02. The first-order valence-corrected chi connectivity index (χ1v) is 6.18. The second-order valence-electron chi connectivity index (χ2n) is 3.33. The molecular formula is C12H17BrO. The zero-order valence-corrected chi connectivity index (χ0v) is 10.4. The highest BCUT2D eigenvalue weighted by Crippen LogP contribution is 2.20. The number of rotatable bonds is 5. The van der Waals surface area contributed by atoms with Crippen molar-refractivity contribution < 1.29 is 4.74 Å². The van der Waals surface area contributed by atoms with E-state index in [0.717, 1.165) is 24.1 Å². The van der Waals surface area contributed by atoms with Crippen molar-refractivity contribution >= 4 is 15.9 Å². The molecule has 0 aromatic heterocycles. The van der Waals surface area contributed by atoms with Crippen LogP contribution in [0.2, 0.25) is 0 Å². The molecule has 0 fully saturated rings. The average Bonchev–Trinajstić information content (AvgIpc) is 2.19. The van der Waals surface area contributed by atoms with Gasteiger partial charge in [-0.3, -0.25) is 0 Å². The van der Waals surface area contributed by atoms with Crippen LogP contribution in [0.25, 0.3) is 0 Å². The minimum atomic E-state index is 0.739. The maximum atomic E-state index is 5.55. The molecule has 0 amide bonds. The van der Waals surface area contributed by atoms with Gasteiger partial charge in [-0.25, -0.2) is 0 Å². The topological polar surface area (TPSA) is 9.23 Å². The molecule has 0 N–H and O–H groups in total. The lowest BCUT2D eigenvalue weighted by Crippen LogP contribution is -1.95. The number of hydrogen-bond acceptors (Lipinski definition) is 1. The molecule has 1 rings (SSSR count). The quantitative estimate of drug-likeness (QED) is 0.730. The summed E-state index contributed by atoms with van der Waals surface area (Å²) in [5.74, 6) is 1.03. The predicted octanol–water partition coefficient (Wildman–Crippen LogP) is 3.72. The number of halogens is 1. The van der Waals surface area contributed by atoms with E-state index in [4.69, 9.17) is 4.74 Å². The van der Waals surface area contributed by atoms with Gasteiger partial charge in [-0.1, -0.05) is 28.1 Å². The molecule has 1 aromatic rings. The van der Waals surface area contributed by atoms with Crippen LogP contribution in [0.4, 0.5) is 0 Å². The van der Waals surface area contributed by atoms with Gasteiger partial charge in [0.2, 0.25) is 0 Å². The van der Waals surface area contributed by atoms with Crippen molar-refractivity contribution in [3.05, 3.63) is 29.3 Å². The van der Waals surface area contributed by atoms with Gasteiger partial charge in [0.05, 0.1) is 6.61 Å². The third kappa shape index (κ3) is 3.33. The smallest absolute Gasteiger partial charge is 0.122 e. The van der Waals surface area contributed by atoms with Gasteiger partial charge >= 0.3 is 0 Å². The van der Waals surface area contributed by atoms with Gasteiger partial charge in [0, 0.05) is 5.33 Å². The van der Waals surface area contributed by atoms with Gasteiger partial charge in [-0.2, -0.15) is 0 Å². The Bertz CT molecular complexity index is 284. The Labute approximate surface area is 94.6 Å². The van der Waals surface area contributed by atoms with Crippen LogP contribution in [-0.2, 0) is 6.42 Å². The van der Waals surface area contributed by atoms with E-state index in [-0.39, 0.29) is 0 Å². The summed E-state index contributed by atoms with van der Waals surface area (Å²) in [7, 11) is 0. The summed E-state index contributed by atoms with van der Waals surface area (Å²) >= 11 is 3.44. The van der Waals surface area contributed by atoms with E-state index >= 15 is 0 Å². The van der Waals surface area contributed by atoms with Crippen molar-refractivity contribution in [1.29, 1.82) is 0 Å². The van der Waals surface area contributed by atoms with Crippen LogP contribution in [0.15, 0.2) is 18.2 Å². The Morgan fingerprint density at radius 2 is 2.14 bits per heavy atom. The Morgan fingerprint density at radius 3 is 2.79 bits per heavy atom. The molecule has 0 aliphatic carbocycles. The zero-order valence-electron chi connectivity index (χ0n) is 8.85. The van der Waals surface area contributed by atoms with Crippen molar-refractivity contribution in [2.75, 3.05) is 11.9 Å². The third-order valence-electron chi connectivity index (χ3n) is 2.15. The molecular weight excluding hydrogens is 240 g/mol. The van der Waals surface area contributed by atoms with Crippen molar-refractivity contribution in [3.8, 4) is 5.75 Å². The monoisotopic (exact) mass is 256 g/mol. The molecule has 1 aromatic carbocycles. The highest BCUT2D eigenvalue weighted by atomic mass is 79.9. The molecule has 0 aliphatic rings. The van der Waals surface area contributed by atoms with E-state index in [1.807, 2.05) is 6.92 Å². The first-order chi connectivity index (χ1) is 6.77. The summed E-state index contributed by atoms with van der Waals surface area (Å²) in [6, 6.07) is 6.47. The van der Waals surface area contributed by atoms with E-state index in [0.29, 0.717) is 0 Å². The highest BCUT2D eigenvalue weighted by molar-refractivity contribution is 9.09. The fraction of sp³-hybridized carbons (Fsp3) is 0.500. The highest BCUT2D eigenvalue weighted by Gasteiger charge is 2.00. The number of benzene rings is 1. The fourth-order valence-electron chi connectivity index (χ4n) is 1.38. The summed E-state index contributed by atoms with van der Waals surface area (Å²) in [5.41, 5.74) is 2.58. The molecule has 78 valence electrons. The molecule has 0 aliphatic heterocycles. The molecule has 0 atom stereocenters. The average molecular weight is 257 g/mol. The summed E-state index contributed by atoms with van der Waals surface area (Å²) < 4.78 is 5.55. The van der Waals surface area contributed by atoms with Gasteiger partial charge in [0.1, 0.15) is 5.75 Å². The van der Waals surface area contributed by atoms with Crippen LogP contribution in [0, 0.1) is 6.92 Å². The van der Waals surface area contributed by atoms with E-state index in [1.54, 1.807) is 0 Å². The molecule has 0 saturated carbocycles. The number of alkyl halides is 1. The van der Waals surface area contributed by atoms with Crippen LogP contribution in [0.5, 0.6) is 5.75 Å². The third-order valence-corrected chi connectivity index (χ3v) is 2.71. The minimum Gasteiger partial charge on any atom is -0.494 e.